The number of alkyl halides is 3. The van der Waals surface area contributed by atoms with Gasteiger partial charge in [0.05, 0.1) is 21.4 Å². The van der Waals surface area contributed by atoms with Gasteiger partial charge in [-0.05, 0) is 24.1 Å². The van der Waals surface area contributed by atoms with E-state index in [9.17, 15) is 18.0 Å². The van der Waals surface area contributed by atoms with E-state index in [0.29, 0.717) is 29.1 Å². The van der Waals surface area contributed by atoms with Crippen molar-refractivity contribution >= 4 is 23.1 Å². The molecule has 1 unspecified atom stereocenters. The van der Waals surface area contributed by atoms with E-state index >= 15 is 0 Å². The molecule has 1 atom stereocenters. The summed E-state index contributed by atoms with van der Waals surface area (Å²) in [5, 5.41) is 0.461. The summed E-state index contributed by atoms with van der Waals surface area (Å²) < 4.78 is 38.8. The number of carbonyl (C=O) groups excluding carboxylic acids is 1. The maximum atomic E-state index is 12.9. The van der Waals surface area contributed by atoms with Gasteiger partial charge in [0, 0.05) is 13.6 Å². The first kappa shape index (κ1) is 17.7. The largest absolute Gasteiger partial charge is 0.416 e. The quantitative estimate of drug-likeness (QED) is 0.731. The predicted octanol–water partition coefficient (Wildman–Crippen LogP) is 4.59. The Hall–Kier alpha value is -1.69. The van der Waals surface area contributed by atoms with Crippen LogP contribution in [0.4, 0.5) is 13.2 Å². The number of thioether (sulfide) groups is 1. The lowest BCUT2D eigenvalue weighted by atomic mass is 9.98. The van der Waals surface area contributed by atoms with Crippen molar-refractivity contribution in [3.8, 4) is 0 Å². The minimum Gasteiger partial charge on any atom is -0.365 e. The van der Waals surface area contributed by atoms with E-state index in [2.05, 4.69) is 6.58 Å². The average Bonchev–Trinajstić information content (AvgIpc) is 2.83. The molecule has 0 saturated heterocycles. The van der Waals surface area contributed by atoms with Gasteiger partial charge in [-0.3, -0.25) is 4.79 Å². The van der Waals surface area contributed by atoms with E-state index in [1.54, 1.807) is 12.1 Å². The van der Waals surface area contributed by atoms with Crippen molar-refractivity contribution in [2.24, 2.45) is 0 Å². The van der Waals surface area contributed by atoms with Gasteiger partial charge in [-0.15, -0.1) is 6.58 Å². The summed E-state index contributed by atoms with van der Waals surface area (Å²) in [5.41, 5.74) is -0.0533. The van der Waals surface area contributed by atoms with E-state index in [4.69, 9.17) is 0 Å². The third-order valence-electron chi connectivity index (χ3n) is 3.61. The molecule has 0 spiro atoms. The molecule has 0 amide bonds. The number of halogens is 3. The van der Waals surface area contributed by atoms with Crippen molar-refractivity contribution in [2.75, 3.05) is 13.6 Å². The highest BCUT2D eigenvalue weighted by Crippen LogP contribution is 2.43. The van der Waals surface area contributed by atoms with Gasteiger partial charge in [-0.25, -0.2) is 0 Å². The van der Waals surface area contributed by atoms with Crippen LogP contribution in [0.2, 0.25) is 0 Å². The standard InChI is InChI=1S/C17H18F3NOS/c1-4-9-21(3)16-14(15(22)13(5-2)23-16)11-7-6-8-12(10-11)17(18,19)20/h4,6-8,10,13H,1,5,9H2,2-3H3. The number of allylic oxidation sites excluding steroid dienone is 1. The van der Waals surface area contributed by atoms with Crippen molar-refractivity contribution in [1.29, 1.82) is 0 Å². The lowest BCUT2D eigenvalue weighted by Gasteiger charge is -2.20. The molecule has 124 valence electrons. The average molecular weight is 341 g/mol. The minimum atomic E-state index is -4.43. The molecular weight excluding hydrogens is 323 g/mol. The topological polar surface area (TPSA) is 20.3 Å². The van der Waals surface area contributed by atoms with Crippen LogP contribution >= 0.6 is 11.8 Å². The molecule has 0 bridgehead atoms. The predicted molar refractivity (Wildman–Crippen MR) is 87.9 cm³/mol. The highest BCUT2D eigenvalue weighted by molar-refractivity contribution is 8.05. The number of benzene rings is 1. The van der Waals surface area contributed by atoms with Crippen LogP contribution in [0.25, 0.3) is 5.57 Å². The molecule has 1 aliphatic rings. The number of hydrogen-bond acceptors (Lipinski definition) is 3. The van der Waals surface area contributed by atoms with Gasteiger partial charge in [0.25, 0.3) is 0 Å². The van der Waals surface area contributed by atoms with Crippen LogP contribution in [0.1, 0.15) is 24.5 Å². The zero-order chi connectivity index (χ0) is 17.2. The summed E-state index contributed by atoms with van der Waals surface area (Å²) in [6, 6.07) is 4.96. The van der Waals surface area contributed by atoms with Gasteiger partial charge >= 0.3 is 6.18 Å². The summed E-state index contributed by atoms with van der Waals surface area (Å²) in [5.74, 6) is -0.109. The first-order valence-electron chi connectivity index (χ1n) is 7.24. The maximum absolute atomic E-state index is 12.9. The minimum absolute atomic E-state index is 0.109. The van der Waals surface area contributed by atoms with Crippen molar-refractivity contribution in [1.82, 2.24) is 4.90 Å². The molecule has 0 aliphatic carbocycles. The third kappa shape index (κ3) is 3.63. The number of carbonyl (C=O) groups is 1. The number of Topliss-reactive ketones (excluding diaryl/α,β-unsaturated/α-hetero) is 1. The number of ketones is 1. The first-order valence-corrected chi connectivity index (χ1v) is 8.12. The molecule has 1 aliphatic heterocycles. The first-order chi connectivity index (χ1) is 10.8. The van der Waals surface area contributed by atoms with E-state index in [1.165, 1.54) is 17.8 Å². The molecule has 1 aromatic carbocycles. The second-order valence-corrected chi connectivity index (χ2v) is 6.50. The highest BCUT2D eigenvalue weighted by Gasteiger charge is 2.37. The molecule has 2 rings (SSSR count). The zero-order valence-electron chi connectivity index (χ0n) is 13.0. The molecule has 0 aromatic heterocycles. The summed E-state index contributed by atoms with van der Waals surface area (Å²) in [7, 11) is 1.81. The molecule has 23 heavy (non-hydrogen) atoms. The molecule has 1 heterocycles. The molecule has 0 radical (unpaired) electrons. The van der Waals surface area contributed by atoms with Gasteiger partial charge in [-0.1, -0.05) is 36.9 Å². The SMILES string of the molecule is C=CCN(C)C1=C(c2cccc(C(F)(F)F)c2)C(=O)C(CC)S1. The Labute approximate surface area is 138 Å². The van der Waals surface area contributed by atoms with Crippen LogP contribution in [0.15, 0.2) is 41.9 Å². The smallest absolute Gasteiger partial charge is 0.365 e. The Kier molecular flexibility index (Phi) is 5.24. The number of nitrogens with zero attached hydrogens (tertiary/aromatic N) is 1. The molecule has 0 N–H and O–H groups in total. The number of likely N-dealkylation sites (N-methyl/N-ethyl adjacent to an activating group) is 1. The Bertz CT molecular complexity index is 651. The second kappa shape index (κ2) is 6.83. The summed E-state index contributed by atoms with van der Waals surface area (Å²) in [6.07, 6.45) is -2.10. The van der Waals surface area contributed by atoms with Crippen LogP contribution in [0.3, 0.4) is 0 Å². The van der Waals surface area contributed by atoms with Gasteiger partial charge in [0.15, 0.2) is 5.78 Å². The van der Waals surface area contributed by atoms with Crippen LogP contribution in [0, 0.1) is 0 Å². The summed E-state index contributed by atoms with van der Waals surface area (Å²) in [4.78, 5) is 14.5. The fourth-order valence-corrected chi connectivity index (χ4v) is 3.71. The van der Waals surface area contributed by atoms with Crippen molar-refractivity contribution in [2.45, 2.75) is 24.8 Å². The van der Waals surface area contributed by atoms with Crippen LogP contribution < -0.4 is 0 Å². The van der Waals surface area contributed by atoms with Crippen molar-refractivity contribution in [3.05, 3.63) is 53.1 Å². The Morgan fingerprint density at radius 1 is 1.39 bits per heavy atom. The highest BCUT2D eigenvalue weighted by atomic mass is 32.2. The summed E-state index contributed by atoms with van der Waals surface area (Å²) in [6.45, 7) is 6.09. The molecule has 0 saturated carbocycles. The molecular formula is C17H18F3NOS. The van der Waals surface area contributed by atoms with Crippen LogP contribution in [-0.2, 0) is 11.0 Å². The van der Waals surface area contributed by atoms with E-state index in [-0.39, 0.29) is 11.0 Å². The van der Waals surface area contributed by atoms with Gasteiger partial charge in [0.1, 0.15) is 0 Å². The normalized spacial score (nSPS) is 18.5. The molecule has 6 heteroatoms. The van der Waals surface area contributed by atoms with Crippen molar-refractivity contribution < 1.29 is 18.0 Å². The maximum Gasteiger partial charge on any atom is 0.416 e. The fourth-order valence-electron chi connectivity index (χ4n) is 2.46. The zero-order valence-corrected chi connectivity index (χ0v) is 13.8. The number of hydrogen-bond donors (Lipinski definition) is 0. The Balaban J connectivity index is 2.53. The van der Waals surface area contributed by atoms with Crippen LogP contribution in [-0.4, -0.2) is 29.5 Å². The third-order valence-corrected chi connectivity index (χ3v) is 5.18. The van der Waals surface area contributed by atoms with Crippen LogP contribution in [0.5, 0.6) is 0 Å². The second-order valence-electron chi connectivity index (χ2n) is 5.31. The monoisotopic (exact) mass is 341 g/mol. The molecule has 2 nitrogen and oxygen atoms in total. The van der Waals surface area contributed by atoms with Gasteiger partial charge in [-0.2, -0.15) is 13.2 Å². The summed E-state index contributed by atoms with van der Waals surface area (Å²) >= 11 is 1.41. The van der Waals surface area contributed by atoms with E-state index in [1.807, 2.05) is 18.9 Å². The van der Waals surface area contributed by atoms with Gasteiger partial charge in [0.2, 0.25) is 0 Å². The molecule has 1 aromatic rings. The fraction of sp³-hybridized carbons (Fsp3) is 0.353. The van der Waals surface area contributed by atoms with E-state index < -0.39 is 11.7 Å². The lowest BCUT2D eigenvalue weighted by Crippen LogP contribution is -2.16. The Morgan fingerprint density at radius 3 is 2.65 bits per heavy atom. The number of rotatable bonds is 5. The Morgan fingerprint density at radius 2 is 2.09 bits per heavy atom. The van der Waals surface area contributed by atoms with E-state index in [0.717, 1.165) is 12.1 Å². The lowest BCUT2D eigenvalue weighted by molar-refractivity contribution is -0.137. The van der Waals surface area contributed by atoms with Gasteiger partial charge < -0.3 is 4.90 Å². The van der Waals surface area contributed by atoms with Crippen molar-refractivity contribution in [3.63, 3.8) is 0 Å². The molecule has 0 fully saturated rings.